The molecule has 1 amide bonds. The number of rotatable bonds is 8. The second kappa shape index (κ2) is 9.21. The number of aromatic nitrogens is 1. The first kappa shape index (κ1) is 21.0. The third-order valence-corrected chi connectivity index (χ3v) is 5.83. The fourth-order valence-corrected chi connectivity index (χ4v) is 3.87. The molecule has 1 atom stereocenters. The van der Waals surface area contributed by atoms with Gasteiger partial charge in [-0.25, -0.2) is 0 Å². The molecule has 1 aromatic heterocycles. The van der Waals surface area contributed by atoms with Crippen molar-refractivity contribution in [2.45, 2.75) is 64.7 Å². The number of hydrogen-bond donors (Lipinski definition) is 1. The molecule has 3 nitrogen and oxygen atoms in total. The van der Waals surface area contributed by atoms with Gasteiger partial charge in [-0.2, -0.15) is 0 Å². The molecule has 0 aliphatic rings. The van der Waals surface area contributed by atoms with Crippen LogP contribution >= 0.6 is 0 Å². The minimum atomic E-state index is -0.172. The standard InChI is InChI=1S/C26H32N2O/c1-5-7-16-26(3,4)21-14-12-19(13-15-21)23(6-2)25(29)28-22-17-20-10-8-9-11-24(20)27-18-22/h8-15,17-18,23H,5-7,16H2,1-4H3,(H,28,29). The molecule has 3 heteroatoms. The quantitative estimate of drug-likeness (QED) is 0.459. The smallest absolute Gasteiger partial charge is 0.231 e. The van der Waals surface area contributed by atoms with E-state index in [0.29, 0.717) is 0 Å². The molecule has 0 fully saturated rings. The minimum Gasteiger partial charge on any atom is -0.324 e. The van der Waals surface area contributed by atoms with Crippen LogP contribution in [0.3, 0.4) is 0 Å². The average Bonchev–Trinajstić information content (AvgIpc) is 2.73. The number of benzene rings is 2. The van der Waals surface area contributed by atoms with Crippen LogP contribution in [0.2, 0.25) is 0 Å². The Hall–Kier alpha value is -2.68. The van der Waals surface area contributed by atoms with Crippen LogP contribution in [0.15, 0.2) is 60.8 Å². The van der Waals surface area contributed by atoms with Crippen molar-refractivity contribution in [3.05, 3.63) is 71.9 Å². The first-order chi connectivity index (χ1) is 13.9. The fourth-order valence-electron chi connectivity index (χ4n) is 3.87. The van der Waals surface area contributed by atoms with Crippen molar-refractivity contribution in [2.75, 3.05) is 5.32 Å². The van der Waals surface area contributed by atoms with E-state index in [2.05, 4.69) is 62.3 Å². The van der Waals surface area contributed by atoms with Crippen LogP contribution < -0.4 is 5.32 Å². The van der Waals surface area contributed by atoms with Gasteiger partial charge in [0.25, 0.3) is 0 Å². The molecular weight excluding hydrogens is 356 g/mol. The number of anilines is 1. The van der Waals surface area contributed by atoms with E-state index in [0.717, 1.165) is 28.6 Å². The van der Waals surface area contributed by atoms with Crippen molar-refractivity contribution in [1.82, 2.24) is 4.98 Å². The number of nitrogens with zero attached hydrogens (tertiary/aromatic N) is 1. The molecule has 1 unspecified atom stereocenters. The number of pyridine rings is 1. The minimum absolute atomic E-state index is 0.0163. The van der Waals surface area contributed by atoms with Crippen LogP contribution in [0.25, 0.3) is 10.9 Å². The van der Waals surface area contributed by atoms with Crippen LogP contribution in [-0.2, 0) is 10.2 Å². The molecule has 0 aliphatic heterocycles. The number of para-hydroxylation sites is 1. The predicted octanol–water partition coefficient (Wildman–Crippen LogP) is 6.83. The zero-order chi connectivity index (χ0) is 20.9. The number of carbonyl (C=O) groups excluding carboxylic acids is 1. The summed E-state index contributed by atoms with van der Waals surface area (Å²) in [5, 5.41) is 4.08. The van der Waals surface area contributed by atoms with Crippen LogP contribution in [0.5, 0.6) is 0 Å². The Morgan fingerprint density at radius 2 is 1.79 bits per heavy atom. The normalized spacial score (nSPS) is 12.7. The number of hydrogen-bond acceptors (Lipinski definition) is 2. The second-order valence-corrected chi connectivity index (χ2v) is 8.48. The molecule has 152 valence electrons. The molecule has 0 bridgehead atoms. The van der Waals surface area contributed by atoms with Crippen molar-refractivity contribution in [1.29, 1.82) is 0 Å². The van der Waals surface area contributed by atoms with Gasteiger partial charge >= 0.3 is 0 Å². The summed E-state index contributed by atoms with van der Waals surface area (Å²) in [5.41, 5.74) is 4.23. The topological polar surface area (TPSA) is 42.0 Å². The monoisotopic (exact) mass is 388 g/mol. The van der Waals surface area contributed by atoms with Gasteiger partial charge in [0, 0.05) is 5.39 Å². The highest BCUT2D eigenvalue weighted by Crippen LogP contribution is 2.31. The Kier molecular flexibility index (Phi) is 6.68. The molecule has 0 spiro atoms. The van der Waals surface area contributed by atoms with E-state index in [1.807, 2.05) is 30.3 Å². The van der Waals surface area contributed by atoms with Gasteiger partial charge in [0.2, 0.25) is 5.91 Å². The maximum absolute atomic E-state index is 13.0. The highest BCUT2D eigenvalue weighted by Gasteiger charge is 2.22. The van der Waals surface area contributed by atoms with Crippen molar-refractivity contribution in [2.24, 2.45) is 0 Å². The lowest BCUT2D eigenvalue weighted by atomic mass is 9.79. The Morgan fingerprint density at radius 1 is 1.07 bits per heavy atom. The molecular formula is C26H32N2O. The van der Waals surface area contributed by atoms with Gasteiger partial charge in [-0.1, -0.05) is 83.0 Å². The van der Waals surface area contributed by atoms with E-state index >= 15 is 0 Å². The summed E-state index contributed by atoms with van der Waals surface area (Å²) in [6.45, 7) is 8.89. The summed E-state index contributed by atoms with van der Waals surface area (Å²) >= 11 is 0. The predicted molar refractivity (Wildman–Crippen MR) is 122 cm³/mol. The van der Waals surface area contributed by atoms with E-state index in [4.69, 9.17) is 0 Å². The first-order valence-electron chi connectivity index (χ1n) is 10.7. The van der Waals surface area contributed by atoms with Crippen molar-refractivity contribution >= 4 is 22.5 Å². The van der Waals surface area contributed by atoms with Gasteiger partial charge in [-0.15, -0.1) is 0 Å². The Bertz CT molecular complexity index is 960. The molecule has 1 heterocycles. The lowest BCUT2D eigenvalue weighted by molar-refractivity contribution is -0.117. The average molecular weight is 389 g/mol. The number of unbranched alkanes of at least 4 members (excludes halogenated alkanes) is 1. The molecule has 0 saturated heterocycles. The summed E-state index contributed by atoms with van der Waals surface area (Å²) < 4.78 is 0. The molecule has 0 aliphatic carbocycles. The van der Waals surface area contributed by atoms with E-state index in [1.165, 1.54) is 24.8 Å². The lowest BCUT2D eigenvalue weighted by Gasteiger charge is -2.26. The van der Waals surface area contributed by atoms with E-state index in [9.17, 15) is 4.79 Å². The molecule has 0 saturated carbocycles. The summed E-state index contributed by atoms with van der Waals surface area (Å²) in [7, 11) is 0. The van der Waals surface area contributed by atoms with E-state index < -0.39 is 0 Å². The number of fused-ring (bicyclic) bond motifs is 1. The Balaban J connectivity index is 1.74. The molecule has 3 rings (SSSR count). The molecule has 0 radical (unpaired) electrons. The summed E-state index contributed by atoms with van der Waals surface area (Å²) in [5.74, 6) is -0.156. The number of nitrogens with one attached hydrogen (secondary N) is 1. The second-order valence-electron chi connectivity index (χ2n) is 8.48. The van der Waals surface area contributed by atoms with Gasteiger partial charge in [-0.05, 0) is 41.5 Å². The SMILES string of the molecule is CCCCC(C)(C)c1ccc(C(CC)C(=O)Nc2cnc3ccccc3c2)cc1. The largest absolute Gasteiger partial charge is 0.324 e. The van der Waals surface area contributed by atoms with E-state index in [-0.39, 0.29) is 17.2 Å². The maximum Gasteiger partial charge on any atom is 0.231 e. The van der Waals surface area contributed by atoms with Gasteiger partial charge in [-0.3, -0.25) is 9.78 Å². The zero-order valence-electron chi connectivity index (χ0n) is 18.0. The fraction of sp³-hybridized carbons (Fsp3) is 0.385. The molecule has 29 heavy (non-hydrogen) atoms. The van der Waals surface area contributed by atoms with Crippen molar-refractivity contribution < 1.29 is 4.79 Å². The van der Waals surface area contributed by atoms with Crippen molar-refractivity contribution in [3.63, 3.8) is 0 Å². The Labute approximate surface area is 174 Å². The zero-order valence-corrected chi connectivity index (χ0v) is 18.0. The van der Waals surface area contributed by atoms with E-state index in [1.54, 1.807) is 6.20 Å². The van der Waals surface area contributed by atoms with Gasteiger partial charge in [0.15, 0.2) is 0 Å². The lowest BCUT2D eigenvalue weighted by Crippen LogP contribution is -2.21. The van der Waals surface area contributed by atoms with Crippen molar-refractivity contribution in [3.8, 4) is 0 Å². The first-order valence-corrected chi connectivity index (χ1v) is 10.7. The van der Waals surface area contributed by atoms with Gasteiger partial charge in [0.1, 0.15) is 0 Å². The van der Waals surface area contributed by atoms with Gasteiger partial charge < -0.3 is 5.32 Å². The third-order valence-electron chi connectivity index (χ3n) is 5.83. The highest BCUT2D eigenvalue weighted by molar-refractivity contribution is 5.97. The van der Waals surface area contributed by atoms with Gasteiger partial charge in [0.05, 0.1) is 23.3 Å². The molecule has 1 N–H and O–H groups in total. The summed E-state index contributed by atoms with van der Waals surface area (Å²) in [4.78, 5) is 17.4. The van der Waals surface area contributed by atoms with Crippen LogP contribution in [-0.4, -0.2) is 10.9 Å². The Morgan fingerprint density at radius 3 is 2.48 bits per heavy atom. The summed E-state index contributed by atoms with van der Waals surface area (Å²) in [6, 6.07) is 18.5. The molecule has 2 aromatic carbocycles. The number of amides is 1. The number of carbonyl (C=O) groups is 1. The van der Waals surface area contributed by atoms with Crippen LogP contribution in [0.1, 0.15) is 70.4 Å². The van der Waals surface area contributed by atoms with Crippen LogP contribution in [0.4, 0.5) is 5.69 Å². The highest BCUT2D eigenvalue weighted by atomic mass is 16.1. The molecule has 3 aromatic rings. The maximum atomic E-state index is 13.0. The summed E-state index contributed by atoms with van der Waals surface area (Å²) in [6.07, 6.45) is 6.10. The van der Waals surface area contributed by atoms with Crippen LogP contribution in [0, 0.1) is 0 Å². The third kappa shape index (κ3) is 5.03.